The quantitative estimate of drug-likeness (QED) is 0.173. The molecule has 0 N–H and O–H groups in total. The van der Waals surface area contributed by atoms with E-state index >= 15 is 0 Å². The topological polar surface area (TPSA) is 3.24 Å². The normalized spacial score (nSPS) is 29.7. The fourth-order valence-corrected chi connectivity index (χ4v) is 15.3. The molecule has 6 aromatic rings. The number of hydrogen-bond acceptors (Lipinski definition) is 1. The lowest BCUT2D eigenvalue weighted by Gasteiger charge is -2.76. The molecule has 6 unspecified atom stereocenters. The van der Waals surface area contributed by atoms with E-state index in [4.69, 9.17) is 0 Å². The summed E-state index contributed by atoms with van der Waals surface area (Å²) in [4.78, 5) is 2.58. The molecule has 4 saturated carbocycles. The highest BCUT2D eigenvalue weighted by molar-refractivity contribution is 5.89. The van der Waals surface area contributed by atoms with Crippen molar-refractivity contribution in [2.45, 2.75) is 102 Å². The van der Waals surface area contributed by atoms with Crippen LogP contribution >= 0.6 is 0 Å². The van der Waals surface area contributed by atoms with Crippen molar-refractivity contribution < 1.29 is 0 Å². The van der Waals surface area contributed by atoms with Crippen LogP contribution in [0.2, 0.25) is 0 Å². The molecule has 1 nitrogen and oxygen atoms in total. The van der Waals surface area contributed by atoms with E-state index in [2.05, 4.69) is 174 Å². The minimum atomic E-state index is -0.0707. The molecule has 4 fully saturated rings. The van der Waals surface area contributed by atoms with E-state index < -0.39 is 0 Å². The lowest BCUT2D eigenvalue weighted by atomic mass is 9.27. The third-order valence-electron chi connectivity index (χ3n) is 18.0. The molecule has 7 aliphatic rings. The number of anilines is 3. The van der Waals surface area contributed by atoms with Gasteiger partial charge >= 0.3 is 0 Å². The smallest absolute Gasteiger partial charge is 0.0465 e. The Morgan fingerprint density at radius 1 is 0.448 bits per heavy atom. The van der Waals surface area contributed by atoms with Gasteiger partial charge in [0.2, 0.25) is 0 Å². The number of nitrogens with zero attached hydrogens (tertiary/aromatic N) is 1. The highest BCUT2D eigenvalue weighted by Gasteiger charge is 2.84. The molecule has 2 spiro atoms. The second-order valence-electron chi connectivity index (χ2n) is 21.6. The maximum absolute atomic E-state index is 2.66. The minimum absolute atomic E-state index is 0.0707. The molecule has 0 amide bonds. The fourth-order valence-electron chi connectivity index (χ4n) is 15.3. The van der Waals surface area contributed by atoms with Gasteiger partial charge in [-0.1, -0.05) is 133 Å². The highest BCUT2D eigenvalue weighted by atomic mass is 15.1. The molecular weight excluding hydrogens is 699 g/mol. The van der Waals surface area contributed by atoms with Gasteiger partial charge in [-0.25, -0.2) is 0 Å². The van der Waals surface area contributed by atoms with Gasteiger partial charge in [-0.2, -0.15) is 0 Å². The molecule has 0 aliphatic heterocycles. The molecule has 1 heteroatoms. The Morgan fingerprint density at radius 2 is 1.02 bits per heavy atom. The van der Waals surface area contributed by atoms with Crippen molar-refractivity contribution >= 4 is 17.1 Å². The Labute approximate surface area is 345 Å². The predicted octanol–water partition coefficient (Wildman–Crippen LogP) is 14.8. The van der Waals surface area contributed by atoms with Crippen molar-refractivity contribution in [3.8, 4) is 33.4 Å². The highest BCUT2D eigenvalue weighted by Crippen LogP contribution is 2.89. The van der Waals surface area contributed by atoms with Crippen LogP contribution in [0.3, 0.4) is 0 Å². The molecule has 2 bridgehead atoms. The van der Waals surface area contributed by atoms with Crippen molar-refractivity contribution in [1.82, 2.24) is 0 Å². The second kappa shape index (κ2) is 10.8. The zero-order valence-electron chi connectivity index (χ0n) is 35.1. The Kier molecular flexibility index (Phi) is 6.36. The predicted molar refractivity (Wildman–Crippen MR) is 240 cm³/mol. The van der Waals surface area contributed by atoms with Crippen LogP contribution in [-0.2, 0) is 21.7 Å². The molecule has 0 radical (unpaired) electrons. The summed E-state index contributed by atoms with van der Waals surface area (Å²) in [6, 6.07) is 50.3. The average Bonchev–Trinajstić information content (AvgIpc) is 3.92. The standard InChI is InChI=1S/C57H55N/c1-53(2)25-26-54(3,4)50-29-36(17-24-47(50)53)35-15-18-38(19-16-35)58(39-20-22-43-41-11-7-9-13-45(41)55(5,6)48(43)31-39)40-21-23-44-42-12-8-10-14-46(42)57(49(44)32-40)51-28-34-27-37-30-52(57)56(37,51)33-34/h7-24,29,31-32,34,37,51-52H,25-28,30,33H2,1-6H3. The largest absolute Gasteiger partial charge is 0.310 e. The van der Waals surface area contributed by atoms with Crippen LogP contribution < -0.4 is 4.90 Å². The molecule has 0 saturated heterocycles. The zero-order chi connectivity index (χ0) is 39.1. The van der Waals surface area contributed by atoms with Crippen LogP contribution in [0, 0.1) is 29.1 Å². The van der Waals surface area contributed by atoms with Gasteiger partial charge in [0.05, 0.1) is 0 Å². The molecular formula is C57H55N. The van der Waals surface area contributed by atoms with Crippen LogP contribution in [-0.4, -0.2) is 0 Å². The Hall–Kier alpha value is -4.88. The van der Waals surface area contributed by atoms with Crippen LogP contribution in [0.4, 0.5) is 17.1 Å². The van der Waals surface area contributed by atoms with Crippen molar-refractivity contribution in [3.63, 3.8) is 0 Å². The van der Waals surface area contributed by atoms with Crippen molar-refractivity contribution in [2.24, 2.45) is 29.1 Å². The number of benzene rings is 6. The number of fused-ring (bicyclic) bond motifs is 12. The number of rotatable bonds is 4. The van der Waals surface area contributed by atoms with E-state index in [0.29, 0.717) is 5.41 Å². The van der Waals surface area contributed by atoms with E-state index in [0.717, 1.165) is 23.7 Å². The Balaban J connectivity index is 0.966. The summed E-state index contributed by atoms with van der Waals surface area (Å²) < 4.78 is 0. The van der Waals surface area contributed by atoms with Gasteiger partial charge in [0.15, 0.2) is 0 Å². The average molecular weight is 754 g/mol. The lowest BCUT2D eigenvalue weighted by Crippen LogP contribution is -2.73. The van der Waals surface area contributed by atoms with Crippen molar-refractivity contribution in [1.29, 1.82) is 0 Å². The summed E-state index contributed by atoms with van der Waals surface area (Å²) >= 11 is 0. The molecule has 0 aromatic heterocycles. The minimum Gasteiger partial charge on any atom is -0.310 e. The molecule has 7 aliphatic carbocycles. The third kappa shape index (κ3) is 3.96. The monoisotopic (exact) mass is 753 g/mol. The summed E-state index contributed by atoms with van der Waals surface area (Å²) in [5, 5.41) is 0. The summed E-state index contributed by atoms with van der Waals surface area (Å²) in [7, 11) is 0. The van der Waals surface area contributed by atoms with Gasteiger partial charge < -0.3 is 4.90 Å². The number of hydrogen-bond donors (Lipinski definition) is 0. The zero-order valence-corrected chi connectivity index (χ0v) is 35.1. The first-order chi connectivity index (χ1) is 27.9. The van der Waals surface area contributed by atoms with Gasteiger partial charge in [0.25, 0.3) is 0 Å². The van der Waals surface area contributed by atoms with Crippen LogP contribution in [0.25, 0.3) is 33.4 Å². The molecule has 288 valence electrons. The molecule has 58 heavy (non-hydrogen) atoms. The molecule has 6 atom stereocenters. The van der Waals surface area contributed by atoms with Crippen molar-refractivity contribution in [2.75, 3.05) is 4.90 Å². The Bertz CT molecular complexity index is 2760. The molecule has 0 heterocycles. The molecule has 13 rings (SSSR count). The first-order valence-corrected chi connectivity index (χ1v) is 22.5. The first-order valence-electron chi connectivity index (χ1n) is 22.5. The summed E-state index contributed by atoms with van der Waals surface area (Å²) in [5.41, 5.74) is 22.3. The Morgan fingerprint density at radius 3 is 1.74 bits per heavy atom. The van der Waals surface area contributed by atoms with Crippen LogP contribution in [0.15, 0.2) is 127 Å². The van der Waals surface area contributed by atoms with E-state index in [9.17, 15) is 0 Å². The summed E-state index contributed by atoms with van der Waals surface area (Å²) in [5.74, 6) is 3.51. The van der Waals surface area contributed by atoms with E-state index in [-0.39, 0.29) is 21.7 Å². The lowest BCUT2D eigenvalue weighted by molar-refractivity contribution is -0.231. The van der Waals surface area contributed by atoms with E-state index in [1.54, 1.807) is 11.1 Å². The van der Waals surface area contributed by atoms with Crippen molar-refractivity contribution in [3.05, 3.63) is 161 Å². The van der Waals surface area contributed by atoms with Gasteiger partial charge in [-0.3, -0.25) is 0 Å². The van der Waals surface area contributed by atoms with Crippen LogP contribution in [0.1, 0.15) is 113 Å². The third-order valence-corrected chi connectivity index (χ3v) is 18.0. The maximum Gasteiger partial charge on any atom is 0.0465 e. The van der Waals surface area contributed by atoms with E-state index in [1.165, 1.54) is 111 Å². The molecule has 6 aromatic carbocycles. The van der Waals surface area contributed by atoms with Gasteiger partial charge in [0, 0.05) is 27.9 Å². The van der Waals surface area contributed by atoms with Crippen LogP contribution in [0.5, 0.6) is 0 Å². The first kappa shape index (κ1) is 34.0. The fraction of sp³-hybridized carbons (Fsp3) is 0.368. The maximum atomic E-state index is 2.66. The van der Waals surface area contributed by atoms with Gasteiger partial charge in [0.1, 0.15) is 0 Å². The SMILES string of the molecule is CC1(C)CCC(C)(C)c2cc(-c3ccc(N(c4ccc5c(c4)C(C)(C)c4ccccc4-5)c4ccc5c(c4)C4(c6ccccc6-5)C5CC6CC7CC4C75C6)cc3)ccc21. The summed E-state index contributed by atoms with van der Waals surface area (Å²) in [6.07, 6.45) is 8.31. The van der Waals surface area contributed by atoms with E-state index in [1.807, 2.05) is 0 Å². The van der Waals surface area contributed by atoms with Gasteiger partial charge in [-0.05, 0) is 182 Å². The van der Waals surface area contributed by atoms with Gasteiger partial charge in [-0.15, -0.1) is 0 Å². The second-order valence-corrected chi connectivity index (χ2v) is 21.6. The summed E-state index contributed by atoms with van der Waals surface area (Å²) in [6.45, 7) is 14.5.